The van der Waals surface area contributed by atoms with Crippen LogP contribution in [-0.4, -0.2) is 19.0 Å². The van der Waals surface area contributed by atoms with Crippen LogP contribution in [0, 0.1) is 0 Å². The van der Waals surface area contributed by atoms with Gasteiger partial charge in [0, 0.05) is 12.7 Å². The maximum absolute atomic E-state index is 11.4. The summed E-state index contributed by atoms with van der Waals surface area (Å²) >= 11 is 0. The molecule has 0 aliphatic rings. The van der Waals surface area contributed by atoms with Crippen LogP contribution in [0.3, 0.4) is 0 Å². The van der Waals surface area contributed by atoms with Gasteiger partial charge in [0.2, 0.25) is 5.91 Å². The minimum absolute atomic E-state index is 0.0776. The van der Waals surface area contributed by atoms with E-state index in [0.29, 0.717) is 0 Å². The number of para-hydroxylation sites is 1. The van der Waals surface area contributed by atoms with Gasteiger partial charge in [-0.2, -0.15) is 0 Å². The Bertz CT molecular complexity index is 282. The molecule has 0 spiro atoms. The average molecular weight is 178 g/mol. The second-order valence-electron chi connectivity index (χ2n) is 3.02. The monoisotopic (exact) mass is 178 g/mol. The summed E-state index contributed by atoms with van der Waals surface area (Å²) in [5.74, 6) is -0.0776. The van der Waals surface area contributed by atoms with Gasteiger partial charge in [-0.1, -0.05) is 18.2 Å². The molecular formula is C10H14N2O. The standard InChI is InChI=1S/C10H14N2O/c1-8(11)10(13)12(2)9-6-4-3-5-7-9/h3-8H,11H2,1-2H3/t8-/m1/s1. The molecule has 2 N–H and O–H groups in total. The van der Waals surface area contributed by atoms with Crippen LogP contribution in [0.2, 0.25) is 0 Å². The number of carbonyl (C=O) groups is 1. The van der Waals surface area contributed by atoms with Gasteiger partial charge in [0.05, 0.1) is 6.04 Å². The third-order valence-electron chi connectivity index (χ3n) is 1.86. The second kappa shape index (κ2) is 4.05. The number of nitrogens with zero attached hydrogens (tertiary/aromatic N) is 1. The number of amides is 1. The number of hydrogen-bond acceptors (Lipinski definition) is 2. The molecule has 1 amide bonds. The maximum atomic E-state index is 11.4. The lowest BCUT2D eigenvalue weighted by atomic mass is 10.2. The van der Waals surface area contributed by atoms with E-state index in [4.69, 9.17) is 5.73 Å². The fourth-order valence-corrected chi connectivity index (χ4v) is 1.08. The molecule has 70 valence electrons. The molecule has 1 atom stereocenters. The fraction of sp³-hybridized carbons (Fsp3) is 0.300. The quantitative estimate of drug-likeness (QED) is 0.734. The van der Waals surface area contributed by atoms with Crippen molar-refractivity contribution in [3.8, 4) is 0 Å². The minimum Gasteiger partial charge on any atom is -0.320 e. The van der Waals surface area contributed by atoms with Gasteiger partial charge in [-0.15, -0.1) is 0 Å². The third-order valence-corrected chi connectivity index (χ3v) is 1.86. The number of hydrogen-bond donors (Lipinski definition) is 1. The van der Waals surface area contributed by atoms with Crippen LogP contribution in [0.5, 0.6) is 0 Å². The number of benzene rings is 1. The Morgan fingerprint density at radius 3 is 2.38 bits per heavy atom. The highest BCUT2D eigenvalue weighted by Gasteiger charge is 2.13. The Balaban J connectivity index is 2.80. The molecule has 1 rings (SSSR count). The van der Waals surface area contributed by atoms with Gasteiger partial charge in [0.15, 0.2) is 0 Å². The molecule has 0 heterocycles. The summed E-state index contributed by atoms with van der Waals surface area (Å²) in [7, 11) is 1.72. The Morgan fingerprint density at radius 1 is 1.38 bits per heavy atom. The van der Waals surface area contributed by atoms with Crippen LogP contribution in [0.4, 0.5) is 5.69 Å². The highest BCUT2D eigenvalue weighted by atomic mass is 16.2. The number of nitrogens with two attached hydrogens (primary N) is 1. The topological polar surface area (TPSA) is 46.3 Å². The summed E-state index contributed by atoms with van der Waals surface area (Å²) in [5.41, 5.74) is 6.35. The van der Waals surface area contributed by atoms with Gasteiger partial charge < -0.3 is 10.6 Å². The molecule has 0 aromatic heterocycles. The summed E-state index contributed by atoms with van der Waals surface area (Å²) in [4.78, 5) is 13.0. The van der Waals surface area contributed by atoms with E-state index in [0.717, 1.165) is 5.69 Å². The van der Waals surface area contributed by atoms with Gasteiger partial charge in [-0.25, -0.2) is 0 Å². The van der Waals surface area contributed by atoms with E-state index in [-0.39, 0.29) is 5.91 Å². The van der Waals surface area contributed by atoms with Crippen molar-refractivity contribution in [1.82, 2.24) is 0 Å². The van der Waals surface area contributed by atoms with Crippen LogP contribution in [0.15, 0.2) is 30.3 Å². The van der Waals surface area contributed by atoms with Crippen molar-refractivity contribution in [2.75, 3.05) is 11.9 Å². The molecule has 3 heteroatoms. The molecule has 0 fully saturated rings. The van der Waals surface area contributed by atoms with Gasteiger partial charge in [-0.05, 0) is 19.1 Å². The van der Waals surface area contributed by atoms with Gasteiger partial charge >= 0.3 is 0 Å². The van der Waals surface area contributed by atoms with Crippen molar-refractivity contribution in [3.63, 3.8) is 0 Å². The zero-order chi connectivity index (χ0) is 9.84. The molecular weight excluding hydrogens is 164 g/mol. The highest BCUT2D eigenvalue weighted by Crippen LogP contribution is 2.11. The zero-order valence-electron chi connectivity index (χ0n) is 7.90. The molecule has 0 radical (unpaired) electrons. The van der Waals surface area contributed by atoms with E-state index in [1.807, 2.05) is 30.3 Å². The molecule has 1 aromatic carbocycles. The summed E-state index contributed by atoms with van der Waals surface area (Å²) in [5, 5.41) is 0. The van der Waals surface area contributed by atoms with Crippen molar-refractivity contribution in [3.05, 3.63) is 30.3 Å². The zero-order valence-corrected chi connectivity index (χ0v) is 7.90. The summed E-state index contributed by atoms with van der Waals surface area (Å²) < 4.78 is 0. The first-order valence-electron chi connectivity index (χ1n) is 4.21. The predicted octanol–water partition coefficient (Wildman–Crippen LogP) is 0.997. The first-order valence-corrected chi connectivity index (χ1v) is 4.21. The van der Waals surface area contributed by atoms with E-state index in [9.17, 15) is 4.79 Å². The molecule has 13 heavy (non-hydrogen) atoms. The number of carbonyl (C=O) groups excluding carboxylic acids is 1. The fourth-order valence-electron chi connectivity index (χ4n) is 1.08. The van der Waals surface area contributed by atoms with E-state index >= 15 is 0 Å². The molecule has 3 nitrogen and oxygen atoms in total. The van der Waals surface area contributed by atoms with Crippen LogP contribution in [-0.2, 0) is 4.79 Å². The highest BCUT2D eigenvalue weighted by molar-refractivity contribution is 5.96. The molecule has 0 saturated carbocycles. The summed E-state index contributed by atoms with van der Waals surface area (Å²) in [6.07, 6.45) is 0. The van der Waals surface area contributed by atoms with Crippen LogP contribution in [0.25, 0.3) is 0 Å². The Morgan fingerprint density at radius 2 is 1.92 bits per heavy atom. The first-order chi connectivity index (χ1) is 6.13. The number of likely N-dealkylation sites (N-methyl/N-ethyl adjacent to an activating group) is 1. The lowest BCUT2D eigenvalue weighted by Gasteiger charge is -2.18. The Kier molecular flexibility index (Phi) is 3.03. The van der Waals surface area contributed by atoms with E-state index < -0.39 is 6.04 Å². The van der Waals surface area contributed by atoms with Gasteiger partial charge in [0.25, 0.3) is 0 Å². The van der Waals surface area contributed by atoms with Crippen molar-refractivity contribution in [2.24, 2.45) is 5.73 Å². The van der Waals surface area contributed by atoms with E-state index in [1.165, 1.54) is 0 Å². The lowest BCUT2D eigenvalue weighted by Crippen LogP contribution is -2.39. The SMILES string of the molecule is C[C@@H](N)C(=O)N(C)c1ccccc1. The van der Waals surface area contributed by atoms with Gasteiger partial charge in [-0.3, -0.25) is 4.79 Å². The molecule has 0 aliphatic heterocycles. The van der Waals surface area contributed by atoms with Crippen molar-refractivity contribution in [1.29, 1.82) is 0 Å². The largest absolute Gasteiger partial charge is 0.320 e. The van der Waals surface area contributed by atoms with Crippen molar-refractivity contribution < 1.29 is 4.79 Å². The summed E-state index contributed by atoms with van der Waals surface area (Å²) in [6.45, 7) is 1.68. The normalized spacial score (nSPS) is 12.2. The second-order valence-corrected chi connectivity index (χ2v) is 3.02. The summed E-state index contributed by atoms with van der Waals surface area (Å²) in [6, 6.07) is 8.99. The lowest BCUT2D eigenvalue weighted by molar-refractivity contribution is -0.119. The van der Waals surface area contributed by atoms with E-state index in [2.05, 4.69) is 0 Å². The molecule has 0 unspecified atom stereocenters. The molecule has 0 saturated heterocycles. The smallest absolute Gasteiger partial charge is 0.243 e. The predicted molar refractivity (Wildman–Crippen MR) is 53.5 cm³/mol. The van der Waals surface area contributed by atoms with Crippen LogP contribution in [0.1, 0.15) is 6.92 Å². The van der Waals surface area contributed by atoms with E-state index in [1.54, 1.807) is 18.9 Å². The van der Waals surface area contributed by atoms with Crippen LogP contribution >= 0.6 is 0 Å². The molecule has 1 aromatic rings. The average Bonchev–Trinajstić information content (AvgIpc) is 2.17. The molecule has 0 bridgehead atoms. The van der Waals surface area contributed by atoms with Crippen molar-refractivity contribution >= 4 is 11.6 Å². The Hall–Kier alpha value is -1.35. The van der Waals surface area contributed by atoms with Crippen molar-refractivity contribution in [2.45, 2.75) is 13.0 Å². The maximum Gasteiger partial charge on any atom is 0.243 e. The third kappa shape index (κ3) is 2.29. The van der Waals surface area contributed by atoms with Gasteiger partial charge in [0.1, 0.15) is 0 Å². The number of anilines is 1. The minimum atomic E-state index is -0.454. The molecule has 0 aliphatic carbocycles. The van der Waals surface area contributed by atoms with Crippen LogP contribution < -0.4 is 10.6 Å². The number of rotatable bonds is 2. The first kappa shape index (κ1) is 9.74. The Labute approximate surface area is 78.2 Å².